The molecule has 0 bridgehead atoms. The third-order valence-electron chi connectivity index (χ3n) is 5.66. The molecule has 1 amide bonds. The zero-order valence-corrected chi connectivity index (χ0v) is 19.5. The highest BCUT2D eigenvalue weighted by Crippen LogP contribution is 2.40. The monoisotopic (exact) mass is 469 g/mol. The number of hydrogen-bond donors (Lipinski definition) is 1. The molecule has 2 aliphatic rings. The zero-order chi connectivity index (χ0) is 21.2. The fraction of sp³-hybridized carbons (Fsp3) is 0.455. The molecule has 1 N–H and O–H groups in total. The van der Waals surface area contributed by atoms with Crippen molar-refractivity contribution in [3.63, 3.8) is 0 Å². The van der Waals surface area contributed by atoms with E-state index in [1.165, 1.54) is 29.0 Å². The molecule has 0 atom stereocenters. The molecule has 9 heteroatoms. The number of nitrogens with one attached hydrogen (secondary N) is 1. The van der Waals surface area contributed by atoms with E-state index in [-0.39, 0.29) is 5.91 Å². The second-order valence-electron chi connectivity index (χ2n) is 7.93. The highest BCUT2D eigenvalue weighted by molar-refractivity contribution is 7.99. The number of carbonyl (C=O) groups excluding carboxylic acids is 1. The van der Waals surface area contributed by atoms with Crippen LogP contribution in [0.5, 0.6) is 0 Å². The summed E-state index contributed by atoms with van der Waals surface area (Å²) in [5.41, 5.74) is 1.83. The Morgan fingerprint density at radius 2 is 2.19 bits per heavy atom. The van der Waals surface area contributed by atoms with Gasteiger partial charge in [-0.25, -0.2) is 0 Å². The quantitative estimate of drug-likeness (QED) is 0.459. The minimum Gasteiger partial charge on any atom is -0.317 e. The highest BCUT2D eigenvalue weighted by atomic mass is 32.2. The van der Waals surface area contributed by atoms with Crippen LogP contribution in [0.2, 0.25) is 0 Å². The molecule has 0 aliphatic heterocycles. The Balaban J connectivity index is 1.20. The van der Waals surface area contributed by atoms with Crippen LogP contribution < -0.4 is 5.32 Å². The predicted molar refractivity (Wildman–Crippen MR) is 125 cm³/mol. The Morgan fingerprint density at radius 1 is 1.32 bits per heavy atom. The van der Waals surface area contributed by atoms with Crippen molar-refractivity contribution < 1.29 is 4.79 Å². The molecule has 0 spiro atoms. The molecule has 3 heterocycles. The number of thiophene rings is 2. The van der Waals surface area contributed by atoms with Crippen molar-refractivity contribution in [2.24, 2.45) is 0 Å². The first-order chi connectivity index (χ1) is 15.2. The maximum atomic E-state index is 12.6. The molecule has 1 fully saturated rings. The minimum atomic E-state index is -0.0427. The van der Waals surface area contributed by atoms with Crippen LogP contribution in [0.15, 0.2) is 22.7 Å². The second kappa shape index (κ2) is 9.15. The summed E-state index contributed by atoms with van der Waals surface area (Å²) >= 11 is 4.91. The Labute approximate surface area is 193 Å². The number of nitrogens with zero attached hydrogens (tertiary/aromatic N) is 4. The standard InChI is InChI=1S/C22H23N5OS3/c23-13-17-16-5-1-2-6-18(16)31-21(17)24-20(28)9-11-30-22-26-25-19(27(22)14-7-8-14)12-15-4-3-10-29-15/h3-4,10,14H,1-2,5-9,11-12H2,(H,24,28). The zero-order valence-electron chi connectivity index (χ0n) is 17.1. The summed E-state index contributed by atoms with van der Waals surface area (Å²) in [7, 11) is 0. The average Bonchev–Trinajstić information content (AvgIpc) is 3.17. The van der Waals surface area contributed by atoms with E-state index < -0.39 is 0 Å². The van der Waals surface area contributed by atoms with Gasteiger partial charge in [0, 0.05) is 34.4 Å². The average molecular weight is 470 g/mol. The van der Waals surface area contributed by atoms with Gasteiger partial charge >= 0.3 is 0 Å². The van der Waals surface area contributed by atoms with E-state index in [0.717, 1.165) is 47.2 Å². The first-order valence-corrected chi connectivity index (χ1v) is 13.3. The van der Waals surface area contributed by atoms with Crippen molar-refractivity contribution in [2.45, 2.75) is 62.6 Å². The first-order valence-electron chi connectivity index (χ1n) is 10.7. The number of rotatable bonds is 8. The number of hydrogen-bond acceptors (Lipinski definition) is 7. The van der Waals surface area contributed by atoms with E-state index in [9.17, 15) is 10.1 Å². The van der Waals surface area contributed by atoms with Gasteiger partial charge in [0.05, 0.1) is 5.56 Å². The van der Waals surface area contributed by atoms with Gasteiger partial charge in [-0.15, -0.1) is 32.9 Å². The molecule has 0 saturated heterocycles. The Kier molecular flexibility index (Phi) is 6.12. The molecular weight excluding hydrogens is 446 g/mol. The number of aromatic nitrogens is 3. The van der Waals surface area contributed by atoms with Crippen LogP contribution in [0.3, 0.4) is 0 Å². The molecule has 3 aromatic heterocycles. The summed E-state index contributed by atoms with van der Waals surface area (Å²) in [5, 5.41) is 25.1. The van der Waals surface area contributed by atoms with Crippen molar-refractivity contribution in [2.75, 3.05) is 11.1 Å². The van der Waals surface area contributed by atoms with Gasteiger partial charge in [0.25, 0.3) is 0 Å². The largest absolute Gasteiger partial charge is 0.317 e. The van der Waals surface area contributed by atoms with Crippen LogP contribution in [0.25, 0.3) is 0 Å². The van der Waals surface area contributed by atoms with Crippen LogP contribution in [0.4, 0.5) is 5.00 Å². The molecule has 160 valence electrons. The lowest BCUT2D eigenvalue weighted by atomic mass is 9.96. The molecule has 2 aliphatic carbocycles. The molecule has 0 aromatic carbocycles. The lowest BCUT2D eigenvalue weighted by Crippen LogP contribution is -2.12. The third-order valence-corrected chi connectivity index (χ3v) is 8.68. The molecule has 0 radical (unpaired) electrons. The lowest BCUT2D eigenvalue weighted by molar-refractivity contribution is -0.115. The van der Waals surface area contributed by atoms with Crippen LogP contribution in [0.1, 0.15) is 64.9 Å². The van der Waals surface area contributed by atoms with Gasteiger partial charge in [-0.3, -0.25) is 4.79 Å². The molecule has 31 heavy (non-hydrogen) atoms. The number of fused-ring (bicyclic) bond motifs is 1. The Bertz CT molecular complexity index is 1120. The van der Waals surface area contributed by atoms with E-state index in [0.29, 0.717) is 23.8 Å². The molecule has 3 aromatic rings. The first kappa shape index (κ1) is 20.7. The van der Waals surface area contributed by atoms with Crippen LogP contribution >= 0.6 is 34.4 Å². The molecule has 6 nitrogen and oxygen atoms in total. The van der Waals surface area contributed by atoms with Gasteiger partial charge in [0.2, 0.25) is 5.91 Å². The van der Waals surface area contributed by atoms with Gasteiger partial charge in [-0.05, 0) is 55.5 Å². The van der Waals surface area contributed by atoms with Crippen LogP contribution in [-0.2, 0) is 24.1 Å². The number of nitriles is 1. The van der Waals surface area contributed by atoms with Crippen molar-refractivity contribution in [1.29, 1.82) is 5.26 Å². The van der Waals surface area contributed by atoms with E-state index in [1.807, 2.05) is 0 Å². The smallest absolute Gasteiger partial charge is 0.225 e. The van der Waals surface area contributed by atoms with Gasteiger partial charge in [-0.1, -0.05) is 17.8 Å². The number of thioether (sulfide) groups is 1. The van der Waals surface area contributed by atoms with Gasteiger partial charge < -0.3 is 9.88 Å². The van der Waals surface area contributed by atoms with Crippen molar-refractivity contribution >= 4 is 45.3 Å². The minimum absolute atomic E-state index is 0.0427. The maximum Gasteiger partial charge on any atom is 0.225 e. The Morgan fingerprint density at radius 3 is 2.97 bits per heavy atom. The summed E-state index contributed by atoms with van der Waals surface area (Å²) in [6.45, 7) is 0. The lowest BCUT2D eigenvalue weighted by Gasteiger charge is -2.09. The molecule has 0 unspecified atom stereocenters. The molecule has 5 rings (SSSR count). The SMILES string of the molecule is N#Cc1c(NC(=O)CCSc2nnc(Cc3cccs3)n2C2CC2)sc2c1CCCC2. The Hall–Kier alpha value is -2.15. The van der Waals surface area contributed by atoms with Gasteiger partial charge in [0.15, 0.2) is 5.16 Å². The summed E-state index contributed by atoms with van der Waals surface area (Å²) < 4.78 is 2.27. The van der Waals surface area contributed by atoms with E-state index in [2.05, 4.69) is 43.7 Å². The van der Waals surface area contributed by atoms with Gasteiger partial charge in [-0.2, -0.15) is 5.26 Å². The van der Waals surface area contributed by atoms with Crippen molar-refractivity contribution in [1.82, 2.24) is 14.8 Å². The van der Waals surface area contributed by atoms with Gasteiger partial charge in [0.1, 0.15) is 16.9 Å². The highest BCUT2D eigenvalue weighted by Gasteiger charge is 2.30. The summed E-state index contributed by atoms with van der Waals surface area (Å²) in [5.74, 6) is 1.61. The predicted octanol–water partition coefficient (Wildman–Crippen LogP) is 5.20. The normalized spacial score (nSPS) is 15.5. The number of anilines is 1. The second-order valence-corrected chi connectivity index (χ2v) is 11.1. The third kappa shape index (κ3) is 4.56. The maximum absolute atomic E-state index is 12.6. The van der Waals surface area contributed by atoms with Crippen LogP contribution in [-0.4, -0.2) is 26.4 Å². The summed E-state index contributed by atoms with van der Waals surface area (Å²) in [6, 6.07) is 7.00. The van der Waals surface area contributed by atoms with Crippen molar-refractivity contribution in [3.05, 3.63) is 44.2 Å². The topological polar surface area (TPSA) is 83.6 Å². The molecular formula is C22H23N5OS3. The van der Waals surface area contributed by atoms with Crippen LogP contribution in [0, 0.1) is 11.3 Å². The van der Waals surface area contributed by atoms with E-state index >= 15 is 0 Å². The molecule has 1 saturated carbocycles. The number of carbonyl (C=O) groups is 1. The number of aryl methyl sites for hydroxylation is 1. The summed E-state index contributed by atoms with van der Waals surface area (Å²) in [6.07, 6.45) is 7.79. The summed E-state index contributed by atoms with van der Waals surface area (Å²) in [4.78, 5) is 15.1. The van der Waals surface area contributed by atoms with E-state index in [4.69, 9.17) is 0 Å². The van der Waals surface area contributed by atoms with E-state index in [1.54, 1.807) is 34.4 Å². The van der Waals surface area contributed by atoms with Crippen molar-refractivity contribution in [3.8, 4) is 6.07 Å². The number of amides is 1. The fourth-order valence-corrected chi connectivity index (χ4v) is 6.91. The fourth-order valence-electron chi connectivity index (χ4n) is 3.99.